The van der Waals surface area contributed by atoms with Crippen LogP contribution in [-0.4, -0.2) is 12.6 Å². The largest absolute Gasteiger partial charge is 0.315 e. The van der Waals surface area contributed by atoms with Gasteiger partial charge in [0, 0.05) is 16.3 Å². The molecule has 86 valence electrons. The SMILES string of the molecule is CC(C)NCCC(C)(C)c1ccc(Cl)s1. The van der Waals surface area contributed by atoms with Crippen molar-refractivity contribution in [3.8, 4) is 0 Å². The van der Waals surface area contributed by atoms with Crippen LogP contribution in [0.25, 0.3) is 0 Å². The monoisotopic (exact) mass is 245 g/mol. The second-order valence-electron chi connectivity index (χ2n) is 4.85. The predicted molar refractivity (Wildman–Crippen MR) is 70.1 cm³/mol. The Labute approximate surface area is 102 Å². The molecule has 0 aromatic carbocycles. The molecule has 1 aromatic heterocycles. The molecule has 3 heteroatoms. The Balaban J connectivity index is 2.51. The van der Waals surface area contributed by atoms with E-state index in [0.29, 0.717) is 6.04 Å². The van der Waals surface area contributed by atoms with Gasteiger partial charge in [-0.15, -0.1) is 11.3 Å². The molecule has 0 fully saturated rings. The lowest BCUT2D eigenvalue weighted by atomic mass is 9.87. The summed E-state index contributed by atoms with van der Waals surface area (Å²) in [7, 11) is 0. The van der Waals surface area contributed by atoms with Crippen LogP contribution in [0, 0.1) is 0 Å². The zero-order chi connectivity index (χ0) is 11.5. The number of nitrogens with one attached hydrogen (secondary N) is 1. The number of thiophene rings is 1. The van der Waals surface area contributed by atoms with E-state index in [4.69, 9.17) is 11.6 Å². The number of rotatable bonds is 5. The highest BCUT2D eigenvalue weighted by molar-refractivity contribution is 7.16. The Morgan fingerprint density at radius 1 is 1.40 bits per heavy atom. The Morgan fingerprint density at radius 2 is 2.07 bits per heavy atom. The first-order valence-corrected chi connectivity index (χ1v) is 6.60. The fraction of sp³-hybridized carbons (Fsp3) is 0.667. The molecule has 0 amide bonds. The van der Waals surface area contributed by atoms with E-state index >= 15 is 0 Å². The summed E-state index contributed by atoms with van der Waals surface area (Å²) < 4.78 is 0.884. The molecule has 0 radical (unpaired) electrons. The lowest BCUT2D eigenvalue weighted by Gasteiger charge is -2.24. The van der Waals surface area contributed by atoms with E-state index < -0.39 is 0 Å². The summed E-state index contributed by atoms with van der Waals surface area (Å²) in [5.41, 5.74) is 0.222. The van der Waals surface area contributed by atoms with Gasteiger partial charge in [0.1, 0.15) is 0 Å². The molecule has 0 aliphatic heterocycles. The molecule has 15 heavy (non-hydrogen) atoms. The molecule has 0 bridgehead atoms. The summed E-state index contributed by atoms with van der Waals surface area (Å²) in [5.74, 6) is 0. The third-order valence-corrected chi connectivity index (χ3v) is 4.14. The maximum atomic E-state index is 5.95. The Hall–Kier alpha value is -0.0500. The van der Waals surface area contributed by atoms with E-state index in [1.54, 1.807) is 11.3 Å². The molecule has 1 N–H and O–H groups in total. The molecule has 0 saturated heterocycles. The minimum absolute atomic E-state index is 0.222. The van der Waals surface area contributed by atoms with E-state index in [1.807, 2.05) is 6.07 Å². The third kappa shape index (κ3) is 4.13. The highest BCUT2D eigenvalue weighted by Gasteiger charge is 2.21. The summed E-state index contributed by atoms with van der Waals surface area (Å²) >= 11 is 7.65. The summed E-state index contributed by atoms with van der Waals surface area (Å²) in [6, 6.07) is 4.69. The van der Waals surface area contributed by atoms with Crippen molar-refractivity contribution in [2.75, 3.05) is 6.54 Å². The van der Waals surface area contributed by atoms with Crippen LogP contribution >= 0.6 is 22.9 Å². The molecular formula is C12H20ClNS. The molecule has 0 atom stereocenters. The van der Waals surface area contributed by atoms with Gasteiger partial charge in [-0.3, -0.25) is 0 Å². The third-order valence-electron chi connectivity index (χ3n) is 2.54. The molecule has 1 heterocycles. The van der Waals surface area contributed by atoms with Crippen LogP contribution in [0.3, 0.4) is 0 Å². The lowest BCUT2D eigenvalue weighted by Crippen LogP contribution is -2.29. The van der Waals surface area contributed by atoms with Crippen LogP contribution < -0.4 is 5.32 Å². The molecule has 0 aliphatic carbocycles. The van der Waals surface area contributed by atoms with Crippen molar-refractivity contribution in [2.45, 2.75) is 45.6 Å². The molecule has 1 nitrogen and oxygen atoms in total. The topological polar surface area (TPSA) is 12.0 Å². The van der Waals surface area contributed by atoms with Crippen LogP contribution in [0.2, 0.25) is 4.34 Å². The molecular weight excluding hydrogens is 226 g/mol. The maximum absolute atomic E-state index is 5.95. The average molecular weight is 246 g/mol. The number of halogens is 1. The minimum atomic E-state index is 0.222. The second kappa shape index (κ2) is 5.33. The van der Waals surface area contributed by atoms with E-state index in [0.717, 1.165) is 17.3 Å². The van der Waals surface area contributed by atoms with E-state index in [2.05, 4.69) is 39.1 Å². The first-order chi connectivity index (χ1) is 6.92. The van der Waals surface area contributed by atoms with Gasteiger partial charge in [0.05, 0.1) is 4.34 Å². The maximum Gasteiger partial charge on any atom is 0.0931 e. The van der Waals surface area contributed by atoms with Gasteiger partial charge in [0.15, 0.2) is 0 Å². The van der Waals surface area contributed by atoms with Gasteiger partial charge in [0.25, 0.3) is 0 Å². The summed E-state index contributed by atoms with van der Waals surface area (Å²) in [6.07, 6.45) is 1.14. The van der Waals surface area contributed by atoms with Crippen LogP contribution in [-0.2, 0) is 5.41 Å². The van der Waals surface area contributed by atoms with Crippen molar-refractivity contribution >= 4 is 22.9 Å². The van der Waals surface area contributed by atoms with Crippen molar-refractivity contribution < 1.29 is 0 Å². The Bertz CT molecular complexity index is 304. The van der Waals surface area contributed by atoms with Crippen LogP contribution in [0.1, 0.15) is 39.0 Å². The van der Waals surface area contributed by atoms with Gasteiger partial charge >= 0.3 is 0 Å². The smallest absolute Gasteiger partial charge is 0.0931 e. The number of hydrogen-bond acceptors (Lipinski definition) is 2. The molecule has 0 spiro atoms. The first kappa shape index (κ1) is 13.0. The van der Waals surface area contributed by atoms with E-state index in [9.17, 15) is 0 Å². The Kier molecular flexibility index (Phi) is 4.63. The molecule has 1 aromatic rings. The van der Waals surface area contributed by atoms with Gasteiger partial charge in [-0.05, 0) is 25.1 Å². The van der Waals surface area contributed by atoms with Crippen molar-refractivity contribution in [3.05, 3.63) is 21.3 Å². The lowest BCUT2D eigenvalue weighted by molar-refractivity contribution is 0.448. The normalized spacial score (nSPS) is 12.4. The van der Waals surface area contributed by atoms with Crippen LogP contribution in [0.4, 0.5) is 0 Å². The van der Waals surface area contributed by atoms with E-state index in [-0.39, 0.29) is 5.41 Å². The van der Waals surface area contributed by atoms with E-state index in [1.165, 1.54) is 4.88 Å². The second-order valence-corrected chi connectivity index (χ2v) is 6.56. The fourth-order valence-corrected chi connectivity index (χ4v) is 2.65. The standard InChI is InChI=1S/C12H20ClNS/c1-9(2)14-8-7-12(3,4)10-5-6-11(13)15-10/h5-6,9,14H,7-8H2,1-4H3. The zero-order valence-electron chi connectivity index (χ0n) is 9.93. The van der Waals surface area contributed by atoms with Crippen LogP contribution in [0.5, 0.6) is 0 Å². The number of hydrogen-bond donors (Lipinski definition) is 1. The van der Waals surface area contributed by atoms with Crippen molar-refractivity contribution in [3.63, 3.8) is 0 Å². The van der Waals surface area contributed by atoms with Crippen molar-refractivity contribution in [1.29, 1.82) is 0 Å². The first-order valence-electron chi connectivity index (χ1n) is 5.41. The minimum Gasteiger partial charge on any atom is -0.315 e. The zero-order valence-corrected chi connectivity index (χ0v) is 11.5. The fourth-order valence-electron chi connectivity index (χ4n) is 1.47. The highest BCUT2D eigenvalue weighted by atomic mass is 35.5. The van der Waals surface area contributed by atoms with Gasteiger partial charge in [-0.25, -0.2) is 0 Å². The predicted octanol–water partition coefficient (Wildman–Crippen LogP) is 4.07. The van der Waals surface area contributed by atoms with Gasteiger partial charge in [-0.2, -0.15) is 0 Å². The van der Waals surface area contributed by atoms with Crippen molar-refractivity contribution in [2.24, 2.45) is 0 Å². The average Bonchev–Trinajstić information content (AvgIpc) is 2.51. The summed E-state index contributed by atoms with van der Waals surface area (Å²) in [4.78, 5) is 1.37. The molecule has 0 aliphatic rings. The van der Waals surface area contributed by atoms with Crippen LogP contribution in [0.15, 0.2) is 12.1 Å². The van der Waals surface area contributed by atoms with Crippen molar-refractivity contribution in [1.82, 2.24) is 5.32 Å². The Morgan fingerprint density at radius 3 is 2.53 bits per heavy atom. The van der Waals surface area contributed by atoms with Gasteiger partial charge in [0.2, 0.25) is 0 Å². The highest BCUT2D eigenvalue weighted by Crippen LogP contribution is 2.34. The molecule has 0 saturated carbocycles. The summed E-state index contributed by atoms with van der Waals surface area (Å²) in [6.45, 7) is 9.96. The summed E-state index contributed by atoms with van der Waals surface area (Å²) in [5, 5.41) is 3.45. The molecule has 1 rings (SSSR count). The van der Waals surface area contributed by atoms with Gasteiger partial charge < -0.3 is 5.32 Å². The molecule has 0 unspecified atom stereocenters. The van der Waals surface area contributed by atoms with Gasteiger partial charge in [-0.1, -0.05) is 39.3 Å². The quantitative estimate of drug-likeness (QED) is 0.825.